The Morgan fingerprint density at radius 3 is 0.647 bits per heavy atom. The summed E-state index contributed by atoms with van der Waals surface area (Å²) in [6.07, 6.45) is 62.4. The molecule has 0 heterocycles. The molecule has 0 spiro atoms. The molecule has 0 radical (unpaired) electrons. The van der Waals surface area contributed by atoms with E-state index < -0.39 is 0 Å². The van der Waals surface area contributed by atoms with Gasteiger partial charge in [-0.05, 0) is 12.8 Å². The third kappa shape index (κ3) is 47.4. The van der Waals surface area contributed by atoms with Crippen LogP contribution < -0.4 is 0 Å². The first kappa shape index (κ1) is 50.5. The number of esters is 1. The quantitative estimate of drug-likeness (QED) is 0.0463. The number of hydrogen-bond acceptors (Lipinski definition) is 2. The van der Waals surface area contributed by atoms with Crippen LogP contribution in [0.4, 0.5) is 0 Å². The SMILES string of the molecule is CCCCCCCCCCCCCCCCCCCCCCCCCCCOC(=O)CCCCCCCCCCCCCCCCCCCCC. The first-order chi connectivity index (χ1) is 25.3. The molecule has 2 heteroatoms. The van der Waals surface area contributed by atoms with E-state index in [2.05, 4.69) is 13.8 Å². The lowest BCUT2D eigenvalue weighted by Crippen LogP contribution is -2.05. The molecule has 0 aliphatic carbocycles. The fourth-order valence-electron chi connectivity index (χ4n) is 7.85. The van der Waals surface area contributed by atoms with Crippen molar-refractivity contribution >= 4 is 5.97 Å². The highest BCUT2D eigenvalue weighted by Crippen LogP contribution is 2.17. The second-order valence-electron chi connectivity index (χ2n) is 16.8. The first-order valence-corrected chi connectivity index (χ1v) is 24.5. The predicted octanol–water partition coefficient (Wildman–Crippen LogP) is 18.1. The summed E-state index contributed by atoms with van der Waals surface area (Å²) in [5.74, 6) is 0.0336. The number of ether oxygens (including phenoxy) is 1. The van der Waals surface area contributed by atoms with Crippen molar-refractivity contribution in [1.82, 2.24) is 0 Å². The average molecular weight is 719 g/mol. The van der Waals surface area contributed by atoms with Crippen LogP contribution in [0.3, 0.4) is 0 Å². The predicted molar refractivity (Wildman–Crippen MR) is 230 cm³/mol. The van der Waals surface area contributed by atoms with E-state index in [0.29, 0.717) is 13.0 Å². The largest absolute Gasteiger partial charge is 0.466 e. The molecule has 0 aromatic carbocycles. The second kappa shape index (κ2) is 47.5. The maximum absolute atomic E-state index is 12.0. The molecule has 0 aromatic rings. The molecule has 0 N–H and O–H groups in total. The monoisotopic (exact) mass is 719 g/mol. The highest BCUT2D eigenvalue weighted by Gasteiger charge is 2.03. The van der Waals surface area contributed by atoms with Gasteiger partial charge in [0.15, 0.2) is 0 Å². The maximum atomic E-state index is 12.0. The van der Waals surface area contributed by atoms with E-state index >= 15 is 0 Å². The van der Waals surface area contributed by atoms with Crippen molar-refractivity contribution < 1.29 is 9.53 Å². The summed E-state index contributed by atoms with van der Waals surface area (Å²) in [7, 11) is 0. The van der Waals surface area contributed by atoms with Crippen molar-refractivity contribution in [2.45, 2.75) is 303 Å². The molecule has 0 saturated heterocycles. The molecule has 0 aliphatic rings. The summed E-state index contributed by atoms with van der Waals surface area (Å²) in [6.45, 7) is 5.24. The van der Waals surface area contributed by atoms with Crippen LogP contribution in [0.5, 0.6) is 0 Å². The van der Waals surface area contributed by atoms with Crippen LogP contribution in [0.25, 0.3) is 0 Å². The minimum absolute atomic E-state index is 0.0336. The van der Waals surface area contributed by atoms with Gasteiger partial charge in [-0.15, -0.1) is 0 Å². The second-order valence-corrected chi connectivity index (χ2v) is 16.8. The van der Waals surface area contributed by atoms with E-state index in [1.165, 1.54) is 270 Å². The molecule has 51 heavy (non-hydrogen) atoms. The molecule has 0 aromatic heterocycles. The number of carbonyl (C=O) groups excluding carboxylic acids is 1. The van der Waals surface area contributed by atoms with Gasteiger partial charge >= 0.3 is 5.97 Å². The van der Waals surface area contributed by atoms with Gasteiger partial charge in [0, 0.05) is 6.42 Å². The zero-order valence-electron chi connectivity index (χ0n) is 35.8. The van der Waals surface area contributed by atoms with E-state index in [1.54, 1.807) is 0 Å². The number of unbranched alkanes of at least 4 members (excludes halogenated alkanes) is 42. The Hall–Kier alpha value is -0.530. The van der Waals surface area contributed by atoms with Crippen molar-refractivity contribution in [1.29, 1.82) is 0 Å². The van der Waals surface area contributed by atoms with E-state index in [0.717, 1.165) is 12.8 Å². The molecule has 306 valence electrons. The Balaban J connectivity index is 3.14. The van der Waals surface area contributed by atoms with Crippen molar-refractivity contribution in [2.75, 3.05) is 6.61 Å². The normalized spacial score (nSPS) is 11.5. The lowest BCUT2D eigenvalue weighted by Gasteiger charge is -2.06. The van der Waals surface area contributed by atoms with Crippen LogP contribution in [0.15, 0.2) is 0 Å². The highest BCUT2D eigenvalue weighted by molar-refractivity contribution is 5.69. The lowest BCUT2D eigenvalue weighted by atomic mass is 10.0. The van der Waals surface area contributed by atoms with Gasteiger partial charge in [0.25, 0.3) is 0 Å². The fraction of sp³-hybridized carbons (Fsp3) is 0.980. The topological polar surface area (TPSA) is 26.3 Å². The van der Waals surface area contributed by atoms with Crippen LogP contribution in [0, 0.1) is 0 Å². The Labute approximate surface area is 324 Å². The Bertz CT molecular complexity index is 615. The summed E-state index contributed by atoms with van der Waals surface area (Å²) in [6, 6.07) is 0. The Morgan fingerprint density at radius 2 is 0.431 bits per heavy atom. The molecule has 0 unspecified atom stereocenters. The van der Waals surface area contributed by atoms with Crippen molar-refractivity contribution in [3.8, 4) is 0 Å². The van der Waals surface area contributed by atoms with Crippen LogP contribution in [0.1, 0.15) is 303 Å². The van der Waals surface area contributed by atoms with E-state index in [-0.39, 0.29) is 5.97 Å². The van der Waals surface area contributed by atoms with E-state index in [4.69, 9.17) is 4.74 Å². The minimum atomic E-state index is 0.0336. The molecular weight excluding hydrogens is 621 g/mol. The smallest absolute Gasteiger partial charge is 0.305 e. The van der Waals surface area contributed by atoms with Gasteiger partial charge in [-0.3, -0.25) is 4.79 Å². The highest BCUT2D eigenvalue weighted by atomic mass is 16.5. The summed E-state index contributed by atoms with van der Waals surface area (Å²) in [5, 5.41) is 0. The molecule has 0 fully saturated rings. The molecule has 0 bridgehead atoms. The minimum Gasteiger partial charge on any atom is -0.466 e. The zero-order valence-corrected chi connectivity index (χ0v) is 35.8. The maximum Gasteiger partial charge on any atom is 0.305 e. The fourth-order valence-corrected chi connectivity index (χ4v) is 7.85. The van der Waals surface area contributed by atoms with Crippen LogP contribution in [-0.4, -0.2) is 12.6 Å². The molecule has 0 rings (SSSR count). The third-order valence-electron chi connectivity index (χ3n) is 11.5. The molecule has 2 nitrogen and oxygen atoms in total. The molecule has 0 saturated carbocycles. The number of rotatable bonds is 46. The summed E-state index contributed by atoms with van der Waals surface area (Å²) in [5.41, 5.74) is 0. The number of hydrogen-bond donors (Lipinski definition) is 0. The van der Waals surface area contributed by atoms with Crippen LogP contribution in [0.2, 0.25) is 0 Å². The van der Waals surface area contributed by atoms with Crippen LogP contribution in [-0.2, 0) is 9.53 Å². The molecular formula is C49H98O2. The van der Waals surface area contributed by atoms with E-state index in [9.17, 15) is 4.79 Å². The van der Waals surface area contributed by atoms with Crippen LogP contribution >= 0.6 is 0 Å². The molecule has 0 amide bonds. The average Bonchev–Trinajstić information content (AvgIpc) is 3.14. The van der Waals surface area contributed by atoms with E-state index in [1.807, 2.05) is 0 Å². The number of carbonyl (C=O) groups is 1. The Kier molecular flexibility index (Phi) is 47.0. The summed E-state index contributed by atoms with van der Waals surface area (Å²) < 4.78 is 5.49. The van der Waals surface area contributed by atoms with Gasteiger partial charge in [0.1, 0.15) is 0 Å². The van der Waals surface area contributed by atoms with Gasteiger partial charge in [-0.1, -0.05) is 284 Å². The molecule has 0 aliphatic heterocycles. The summed E-state index contributed by atoms with van der Waals surface area (Å²) in [4.78, 5) is 12.0. The first-order valence-electron chi connectivity index (χ1n) is 24.5. The van der Waals surface area contributed by atoms with Gasteiger partial charge in [-0.25, -0.2) is 0 Å². The molecule has 0 atom stereocenters. The van der Waals surface area contributed by atoms with Gasteiger partial charge in [0.05, 0.1) is 6.61 Å². The van der Waals surface area contributed by atoms with Crippen molar-refractivity contribution in [3.05, 3.63) is 0 Å². The Morgan fingerprint density at radius 1 is 0.255 bits per heavy atom. The third-order valence-corrected chi connectivity index (χ3v) is 11.5. The standard InChI is InChI=1S/C49H98O2/c1-3-5-7-9-11-13-15-17-19-21-23-24-25-26-27-28-30-32-34-36-38-40-42-44-46-48-51-49(50)47-45-43-41-39-37-35-33-31-29-22-20-18-16-14-12-10-8-6-4-2/h3-48H2,1-2H3. The van der Waals surface area contributed by atoms with Crippen molar-refractivity contribution in [2.24, 2.45) is 0 Å². The zero-order chi connectivity index (χ0) is 36.8. The van der Waals surface area contributed by atoms with Gasteiger partial charge in [0.2, 0.25) is 0 Å². The van der Waals surface area contributed by atoms with Gasteiger partial charge in [-0.2, -0.15) is 0 Å². The van der Waals surface area contributed by atoms with Gasteiger partial charge < -0.3 is 4.74 Å². The van der Waals surface area contributed by atoms with Crippen molar-refractivity contribution in [3.63, 3.8) is 0 Å². The lowest BCUT2D eigenvalue weighted by molar-refractivity contribution is -0.143. The summed E-state index contributed by atoms with van der Waals surface area (Å²) >= 11 is 0.